The number of hydrogen-bond acceptors (Lipinski definition) is 3. The molecule has 4 nitrogen and oxygen atoms in total. The Labute approximate surface area is 104 Å². The van der Waals surface area contributed by atoms with Crippen molar-refractivity contribution >= 4 is 5.97 Å². The van der Waals surface area contributed by atoms with Gasteiger partial charge in [0.2, 0.25) is 0 Å². The van der Waals surface area contributed by atoms with Crippen molar-refractivity contribution in [1.29, 1.82) is 0 Å². The molecule has 2 atom stereocenters. The first-order valence-electron chi connectivity index (χ1n) is 5.42. The smallest absolute Gasteiger partial charge is 0.320 e. The van der Waals surface area contributed by atoms with Gasteiger partial charge in [0.1, 0.15) is 6.04 Å². The summed E-state index contributed by atoms with van der Waals surface area (Å²) in [4.78, 5) is 12.4. The lowest BCUT2D eigenvalue weighted by Crippen LogP contribution is -2.35. The van der Waals surface area contributed by atoms with Crippen LogP contribution in [0, 0.1) is 11.6 Å². The Morgan fingerprint density at radius 1 is 1.39 bits per heavy atom. The summed E-state index contributed by atoms with van der Waals surface area (Å²) in [6.45, 7) is 0. The molecule has 0 radical (unpaired) electrons. The molecule has 1 aromatic rings. The zero-order valence-electron chi connectivity index (χ0n) is 10.2. The van der Waals surface area contributed by atoms with Gasteiger partial charge in [-0.05, 0) is 38.2 Å². The van der Waals surface area contributed by atoms with Gasteiger partial charge in [-0.15, -0.1) is 0 Å². The Morgan fingerprint density at radius 2 is 2.00 bits per heavy atom. The lowest BCUT2D eigenvalue weighted by atomic mass is 9.98. The molecule has 6 heteroatoms. The van der Waals surface area contributed by atoms with Gasteiger partial charge in [0, 0.05) is 6.04 Å². The van der Waals surface area contributed by atoms with Crippen LogP contribution >= 0.6 is 0 Å². The highest BCUT2D eigenvalue weighted by molar-refractivity contribution is 5.73. The van der Waals surface area contributed by atoms with Crippen LogP contribution in [0.3, 0.4) is 0 Å². The molecule has 0 saturated carbocycles. The van der Waals surface area contributed by atoms with Crippen molar-refractivity contribution in [2.45, 2.75) is 18.5 Å². The summed E-state index contributed by atoms with van der Waals surface area (Å²) >= 11 is 0. The standard InChI is InChI=1S/C12H16F2N2O2/c1-16(2)11(6-10(15)12(17)18)7-3-4-8(13)9(14)5-7/h3-5,10-11H,6,15H2,1-2H3,(H,17,18). The Kier molecular flexibility index (Phi) is 4.75. The van der Waals surface area contributed by atoms with Gasteiger partial charge in [-0.3, -0.25) is 4.79 Å². The molecule has 0 aliphatic rings. The molecule has 0 saturated heterocycles. The van der Waals surface area contributed by atoms with Gasteiger partial charge in [0.25, 0.3) is 0 Å². The summed E-state index contributed by atoms with van der Waals surface area (Å²) in [5, 5.41) is 8.78. The SMILES string of the molecule is CN(C)C(CC(N)C(=O)O)c1ccc(F)c(F)c1. The molecule has 100 valence electrons. The fourth-order valence-corrected chi connectivity index (χ4v) is 1.71. The predicted molar refractivity (Wildman–Crippen MR) is 63.0 cm³/mol. The first-order chi connectivity index (χ1) is 8.32. The van der Waals surface area contributed by atoms with Gasteiger partial charge in [-0.1, -0.05) is 6.07 Å². The number of carboxylic acid groups (broad SMARTS) is 1. The van der Waals surface area contributed by atoms with Crippen LogP contribution in [-0.2, 0) is 4.79 Å². The molecule has 1 aromatic carbocycles. The van der Waals surface area contributed by atoms with E-state index < -0.39 is 23.6 Å². The molecule has 18 heavy (non-hydrogen) atoms. The number of hydrogen-bond donors (Lipinski definition) is 2. The second-order valence-corrected chi connectivity index (χ2v) is 4.33. The minimum Gasteiger partial charge on any atom is -0.480 e. The number of aliphatic carboxylic acids is 1. The molecule has 0 aliphatic carbocycles. The van der Waals surface area contributed by atoms with Gasteiger partial charge >= 0.3 is 5.97 Å². The van der Waals surface area contributed by atoms with Crippen molar-refractivity contribution in [3.8, 4) is 0 Å². The van der Waals surface area contributed by atoms with Gasteiger partial charge in [0.15, 0.2) is 11.6 Å². The van der Waals surface area contributed by atoms with Gasteiger partial charge in [-0.25, -0.2) is 8.78 Å². The maximum Gasteiger partial charge on any atom is 0.320 e. The number of carbonyl (C=O) groups is 1. The average molecular weight is 258 g/mol. The second-order valence-electron chi connectivity index (χ2n) is 4.33. The predicted octanol–water partition coefficient (Wildman–Crippen LogP) is 1.37. The van der Waals surface area contributed by atoms with E-state index in [2.05, 4.69) is 0 Å². The molecule has 3 N–H and O–H groups in total. The topological polar surface area (TPSA) is 66.6 Å². The first kappa shape index (κ1) is 14.5. The van der Waals surface area contributed by atoms with E-state index in [1.54, 1.807) is 19.0 Å². The van der Waals surface area contributed by atoms with E-state index in [1.807, 2.05) is 0 Å². The van der Waals surface area contributed by atoms with Crippen molar-refractivity contribution in [1.82, 2.24) is 4.90 Å². The largest absolute Gasteiger partial charge is 0.480 e. The molecule has 0 amide bonds. The fourth-order valence-electron chi connectivity index (χ4n) is 1.71. The van der Waals surface area contributed by atoms with Crippen molar-refractivity contribution in [3.05, 3.63) is 35.4 Å². The van der Waals surface area contributed by atoms with E-state index in [9.17, 15) is 13.6 Å². The van der Waals surface area contributed by atoms with E-state index in [0.29, 0.717) is 5.56 Å². The molecule has 2 unspecified atom stereocenters. The van der Waals surface area contributed by atoms with Crippen molar-refractivity contribution in [2.24, 2.45) is 5.73 Å². The van der Waals surface area contributed by atoms with Crippen molar-refractivity contribution < 1.29 is 18.7 Å². The van der Waals surface area contributed by atoms with E-state index in [4.69, 9.17) is 10.8 Å². The second kappa shape index (κ2) is 5.88. The van der Waals surface area contributed by atoms with E-state index >= 15 is 0 Å². The maximum absolute atomic E-state index is 13.2. The van der Waals surface area contributed by atoms with Crippen LogP contribution in [0.5, 0.6) is 0 Å². The third kappa shape index (κ3) is 3.48. The van der Waals surface area contributed by atoms with Crippen LogP contribution in [0.15, 0.2) is 18.2 Å². The molecule has 0 aliphatic heterocycles. The van der Waals surface area contributed by atoms with E-state index in [-0.39, 0.29) is 12.5 Å². The highest BCUT2D eigenvalue weighted by Gasteiger charge is 2.22. The highest BCUT2D eigenvalue weighted by atomic mass is 19.2. The number of benzene rings is 1. The molecule has 0 fully saturated rings. The van der Waals surface area contributed by atoms with Gasteiger partial charge < -0.3 is 15.7 Å². The summed E-state index contributed by atoms with van der Waals surface area (Å²) in [6, 6.07) is 2.08. The van der Waals surface area contributed by atoms with Crippen LogP contribution in [0.2, 0.25) is 0 Å². The maximum atomic E-state index is 13.2. The monoisotopic (exact) mass is 258 g/mol. The summed E-state index contributed by atoms with van der Waals surface area (Å²) in [5.41, 5.74) is 5.96. The molecule has 1 rings (SSSR count). The third-order valence-corrected chi connectivity index (χ3v) is 2.75. The fraction of sp³-hybridized carbons (Fsp3) is 0.417. The summed E-state index contributed by atoms with van der Waals surface area (Å²) < 4.78 is 26.0. The van der Waals surface area contributed by atoms with Crippen LogP contribution in [0.1, 0.15) is 18.0 Å². The van der Waals surface area contributed by atoms with E-state index in [1.165, 1.54) is 6.07 Å². The van der Waals surface area contributed by atoms with Crippen LogP contribution in [0.25, 0.3) is 0 Å². The van der Waals surface area contributed by atoms with Crippen LogP contribution in [-0.4, -0.2) is 36.1 Å². The van der Waals surface area contributed by atoms with Crippen molar-refractivity contribution in [2.75, 3.05) is 14.1 Å². The number of carboxylic acids is 1. The number of rotatable bonds is 5. The van der Waals surface area contributed by atoms with E-state index in [0.717, 1.165) is 12.1 Å². The lowest BCUT2D eigenvalue weighted by molar-refractivity contribution is -0.139. The lowest BCUT2D eigenvalue weighted by Gasteiger charge is -2.26. The van der Waals surface area contributed by atoms with Crippen LogP contribution in [0.4, 0.5) is 8.78 Å². The first-order valence-corrected chi connectivity index (χ1v) is 5.42. The Hall–Kier alpha value is -1.53. The Balaban J connectivity index is 2.97. The Morgan fingerprint density at radius 3 is 2.44 bits per heavy atom. The number of nitrogens with zero attached hydrogens (tertiary/aromatic N) is 1. The third-order valence-electron chi connectivity index (χ3n) is 2.75. The van der Waals surface area contributed by atoms with Gasteiger partial charge in [0.05, 0.1) is 0 Å². The zero-order chi connectivity index (χ0) is 13.9. The summed E-state index contributed by atoms with van der Waals surface area (Å²) in [7, 11) is 3.45. The summed E-state index contributed by atoms with van der Waals surface area (Å²) in [5.74, 6) is -3.01. The molecular formula is C12H16F2N2O2. The molecule has 0 spiro atoms. The number of halogens is 2. The molecular weight excluding hydrogens is 242 g/mol. The van der Waals surface area contributed by atoms with Crippen molar-refractivity contribution in [3.63, 3.8) is 0 Å². The zero-order valence-corrected chi connectivity index (χ0v) is 10.2. The molecule has 0 aromatic heterocycles. The van der Waals surface area contributed by atoms with Gasteiger partial charge in [-0.2, -0.15) is 0 Å². The normalized spacial score (nSPS) is 14.6. The average Bonchev–Trinajstić information content (AvgIpc) is 2.29. The quantitative estimate of drug-likeness (QED) is 0.837. The Bertz CT molecular complexity index is 438. The number of nitrogens with two attached hydrogens (primary N) is 1. The molecule has 0 bridgehead atoms. The van der Waals surface area contributed by atoms with Crippen LogP contribution < -0.4 is 5.73 Å². The molecule has 0 heterocycles. The summed E-state index contributed by atoms with van der Waals surface area (Å²) in [6.07, 6.45) is 0.118. The minimum absolute atomic E-state index is 0.118. The highest BCUT2D eigenvalue weighted by Crippen LogP contribution is 2.24. The minimum atomic E-state index is -1.12.